The number of nitrogens with zero attached hydrogens (tertiary/aromatic N) is 2. The van der Waals surface area contributed by atoms with Crippen molar-refractivity contribution < 1.29 is 19.2 Å². The molecule has 0 bridgehead atoms. The number of amides is 1. The summed E-state index contributed by atoms with van der Waals surface area (Å²) in [6.07, 6.45) is 3.15. The first kappa shape index (κ1) is 17.8. The van der Waals surface area contributed by atoms with Gasteiger partial charge in [0.1, 0.15) is 5.56 Å². The first-order valence-corrected chi connectivity index (χ1v) is 8.71. The van der Waals surface area contributed by atoms with Gasteiger partial charge >= 0.3 is 11.6 Å². The lowest BCUT2D eigenvalue weighted by Crippen LogP contribution is -2.20. The van der Waals surface area contributed by atoms with Crippen LogP contribution in [-0.4, -0.2) is 26.4 Å². The molecule has 9 heteroatoms. The van der Waals surface area contributed by atoms with Crippen molar-refractivity contribution in [3.8, 4) is 11.1 Å². The lowest BCUT2D eigenvalue weighted by molar-refractivity contribution is -0.115. The van der Waals surface area contributed by atoms with Gasteiger partial charge in [0.25, 0.3) is 0 Å². The highest BCUT2D eigenvalue weighted by atomic mass is 16.5. The Kier molecular flexibility index (Phi) is 3.95. The van der Waals surface area contributed by atoms with Crippen LogP contribution in [0.2, 0.25) is 0 Å². The molecule has 0 spiro atoms. The van der Waals surface area contributed by atoms with Crippen LogP contribution in [0.3, 0.4) is 0 Å². The molecule has 2 heterocycles. The van der Waals surface area contributed by atoms with Crippen molar-refractivity contribution in [2.45, 2.75) is 32.7 Å². The second-order valence-corrected chi connectivity index (χ2v) is 6.85. The van der Waals surface area contributed by atoms with E-state index in [0.29, 0.717) is 16.8 Å². The smallest absolute Gasteiger partial charge is 0.368 e. The fourth-order valence-electron chi connectivity index (χ4n) is 3.33. The third kappa shape index (κ3) is 2.81. The van der Waals surface area contributed by atoms with Gasteiger partial charge in [-0.05, 0) is 37.5 Å². The van der Waals surface area contributed by atoms with E-state index in [-0.39, 0.29) is 22.6 Å². The second kappa shape index (κ2) is 6.22. The summed E-state index contributed by atoms with van der Waals surface area (Å²) in [4.78, 5) is 48.6. The van der Waals surface area contributed by atoms with E-state index < -0.39 is 22.9 Å². The van der Waals surface area contributed by atoms with Gasteiger partial charge < -0.3 is 14.2 Å². The van der Waals surface area contributed by atoms with E-state index >= 15 is 0 Å². The zero-order chi connectivity index (χ0) is 20.2. The SMILES string of the molecule is CC(=O)Nn1oc(=O)c(-c2ccc3c(=O)c(C(=O)O)cn(C4CC4)c3c2)c1C. The van der Waals surface area contributed by atoms with Gasteiger partial charge in [0.2, 0.25) is 11.3 Å². The van der Waals surface area contributed by atoms with E-state index in [2.05, 4.69) is 5.43 Å². The quantitative estimate of drug-likeness (QED) is 0.709. The molecule has 1 fully saturated rings. The Labute approximate surface area is 157 Å². The van der Waals surface area contributed by atoms with Crippen molar-refractivity contribution in [2.24, 2.45) is 0 Å². The third-order valence-electron chi connectivity index (χ3n) is 4.80. The van der Waals surface area contributed by atoms with Gasteiger partial charge in [0.15, 0.2) is 0 Å². The predicted octanol–water partition coefficient (Wildman–Crippen LogP) is 1.85. The largest absolute Gasteiger partial charge is 0.477 e. The molecule has 1 aliphatic carbocycles. The number of pyridine rings is 1. The van der Waals surface area contributed by atoms with E-state index in [4.69, 9.17) is 4.52 Å². The molecule has 1 saturated carbocycles. The molecule has 1 aromatic carbocycles. The van der Waals surface area contributed by atoms with E-state index in [9.17, 15) is 24.3 Å². The minimum absolute atomic E-state index is 0.123. The number of carbonyl (C=O) groups is 2. The number of nitrogens with one attached hydrogen (secondary N) is 1. The van der Waals surface area contributed by atoms with E-state index in [1.165, 1.54) is 19.2 Å². The van der Waals surface area contributed by atoms with Gasteiger partial charge in [-0.25, -0.2) is 15.0 Å². The van der Waals surface area contributed by atoms with Crippen molar-refractivity contribution in [3.05, 3.63) is 56.3 Å². The van der Waals surface area contributed by atoms with Crippen molar-refractivity contribution in [2.75, 3.05) is 5.43 Å². The summed E-state index contributed by atoms with van der Waals surface area (Å²) in [6.45, 7) is 2.92. The molecule has 0 saturated heterocycles. The lowest BCUT2D eigenvalue weighted by atomic mass is 10.0. The molecule has 1 aliphatic rings. The number of carboxylic acid groups (broad SMARTS) is 1. The van der Waals surface area contributed by atoms with Crippen LogP contribution in [0.15, 0.2) is 38.5 Å². The summed E-state index contributed by atoms with van der Waals surface area (Å²) in [5.74, 6) is -1.66. The number of aromatic carboxylic acids is 1. The number of fused-ring (bicyclic) bond motifs is 1. The molecule has 9 nitrogen and oxygen atoms in total. The van der Waals surface area contributed by atoms with Gasteiger partial charge in [-0.1, -0.05) is 6.07 Å². The van der Waals surface area contributed by atoms with Crippen LogP contribution in [0.1, 0.15) is 41.9 Å². The van der Waals surface area contributed by atoms with Crippen molar-refractivity contribution >= 4 is 22.8 Å². The van der Waals surface area contributed by atoms with Crippen LogP contribution in [0.5, 0.6) is 0 Å². The highest BCUT2D eigenvalue weighted by Gasteiger charge is 2.27. The number of aromatic nitrogens is 2. The monoisotopic (exact) mass is 383 g/mol. The number of benzene rings is 1. The molecule has 1 amide bonds. The Morgan fingerprint density at radius 1 is 1.25 bits per heavy atom. The average Bonchev–Trinajstić information content (AvgIpc) is 3.41. The maximum absolute atomic E-state index is 12.5. The summed E-state index contributed by atoms with van der Waals surface area (Å²) >= 11 is 0. The number of rotatable bonds is 4. The molecule has 2 N–H and O–H groups in total. The van der Waals surface area contributed by atoms with Gasteiger partial charge in [-0.2, -0.15) is 0 Å². The summed E-state index contributed by atoms with van der Waals surface area (Å²) in [5.41, 5.74) is 2.66. The molecular formula is C19H17N3O6. The van der Waals surface area contributed by atoms with E-state index in [0.717, 1.165) is 17.7 Å². The van der Waals surface area contributed by atoms with Gasteiger partial charge in [-0.15, -0.1) is 4.85 Å². The first-order valence-electron chi connectivity index (χ1n) is 8.71. The Balaban J connectivity index is 1.96. The molecule has 0 atom stereocenters. The van der Waals surface area contributed by atoms with Crippen LogP contribution >= 0.6 is 0 Å². The molecular weight excluding hydrogens is 366 g/mol. The maximum Gasteiger partial charge on any atom is 0.368 e. The summed E-state index contributed by atoms with van der Waals surface area (Å²) in [5, 5.41) is 9.60. The number of carboxylic acids is 1. The average molecular weight is 383 g/mol. The van der Waals surface area contributed by atoms with Gasteiger partial charge in [-0.3, -0.25) is 9.59 Å². The lowest BCUT2D eigenvalue weighted by Gasteiger charge is -2.12. The number of carbonyl (C=O) groups excluding carboxylic acids is 1. The Bertz CT molecular complexity index is 1260. The normalized spacial score (nSPS) is 13.6. The molecule has 28 heavy (non-hydrogen) atoms. The van der Waals surface area contributed by atoms with Crippen LogP contribution in [-0.2, 0) is 4.79 Å². The molecule has 2 aromatic heterocycles. The van der Waals surface area contributed by atoms with Crippen LogP contribution < -0.4 is 16.5 Å². The minimum Gasteiger partial charge on any atom is -0.477 e. The van der Waals surface area contributed by atoms with Gasteiger partial charge in [0.05, 0.1) is 16.8 Å². The molecule has 144 valence electrons. The molecule has 4 rings (SSSR count). The summed E-state index contributed by atoms with van der Waals surface area (Å²) in [7, 11) is 0. The van der Waals surface area contributed by atoms with E-state index in [1.807, 2.05) is 0 Å². The first-order chi connectivity index (χ1) is 13.3. The summed E-state index contributed by atoms with van der Waals surface area (Å²) < 4.78 is 6.85. The highest BCUT2D eigenvalue weighted by Crippen LogP contribution is 2.37. The molecule has 0 unspecified atom stereocenters. The minimum atomic E-state index is -1.27. The maximum atomic E-state index is 12.5. The Morgan fingerprint density at radius 3 is 2.57 bits per heavy atom. The number of hydrogen-bond donors (Lipinski definition) is 2. The Hall–Kier alpha value is -3.62. The van der Waals surface area contributed by atoms with Crippen LogP contribution in [0.4, 0.5) is 0 Å². The van der Waals surface area contributed by atoms with Crippen molar-refractivity contribution in [1.29, 1.82) is 0 Å². The standard InChI is InChI=1S/C19H17N3O6/c1-9-16(19(27)28-22(9)20-10(2)23)11-3-6-13-15(7-11)21(12-4-5-12)8-14(17(13)24)18(25)26/h3,6-8,12H,4-5H2,1-2H3,(H,20,23)(H,25,26). The van der Waals surface area contributed by atoms with E-state index in [1.54, 1.807) is 23.6 Å². The van der Waals surface area contributed by atoms with Crippen molar-refractivity contribution in [1.82, 2.24) is 9.42 Å². The molecule has 3 aromatic rings. The van der Waals surface area contributed by atoms with Crippen molar-refractivity contribution in [3.63, 3.8) is 0 Å². The Morgan fingerprint density at radius 2 is 1.96 bits per heavy atom. The topological polar surface area (TPSA) is 124 Å². The zero-order valence-electron chi connectivity index (χ0n) is 15.2. The van der Waals surface area contributed by atoms with Crippen LogP contribution in [0.25, 0.3) is 22.0 Å². The number of hydrogen-bond acceptors (Lipinski definition) is 5. The third-order valence-corrected chi connectivity index (χ3v) is 4.80. The molecule has 0 aliphatic heterocycles. The van der Waals surface area contributed by atoms with Crippen LogP contribution in [0, 0.1) is 6.92 Å². The second-order valence-electron chi connectivity index (χ2n) is 6.85. The predicted molar refractivity (Wildman–Crippen MR) is 100 cm³/mol. The highest BCUT2D eigenvalue weighted by molar-refractivity contribution is 5.94. The fourth-order valence-corrected chi connectivity index (χ4v) is 3.33. The summed E-state index contributed by atoms with van der Waals surface area (Å²) in [6, 6.07) is 4.90. The zero-order valence-corrected chi connectivity index (χ0v) is 15.2. The fraction of sp³-hybridized carbons (Fsp3) is 0.263. The molecule has 0 radical (unpaired) electrons. The van der Waals surface area contributed by atoms with Gasteiger partial charge in [0, 0.05) is 24.5 Å².